The Hall–Kier alpha value is -0.980. The number of thiazole rings is 1. The summed E-state index contributed by atoms with van der Waals surface area (Å²) in [4.78, 5) is 6.80. The lowest BCUT2D eigenvalue weighted by atomic mass is 10.3. The molecule has 0 N–H and O–H groups in total. The van der Waals surface area contributed by atoms with Crippen LogP contribution in [-0.4, -0.2) is 31.2 Å². The van der Waals surface area contributed by atoms with Crippen LogP contribution >= 0.6 is 22.9 Å². The molecule has 0 atom stereocenters. The number of rotatable bonds is 3. The van der Waals surface area contributed by atoms with Gasteiger partial charge in [-0.3, -0.25) is 4.90 Å². The second-order valence-electron chi connectivity index (χ2n) is 4.02. The zero-order valence-corrected chi connectivity index (χ0v) is 10.8. The molecule has 7 heteroatoms. The Morgan fingerprint density at radius 2 is 2.35 bits per heavy atom. The highest BCUT2D eigenvalue weighted by Gasteiger charge is 2.18. The van der Waals surface area contributed by atoms with Gasteiger partial charge in [-0.25, -0.2) is 4.98 Å². The number of halogens is 1. The largest absolute Gasteiger partial charge is 0.315 e. The Balaban J connectivity index is 1.67. The Morgan fingerprint density at radius 1 is 1.41 bits per heavy atom. The third-order valence-corrected chi connectivity index (χ3v) is 3.97. The van der Waals surface area contributed by atoms with Crippen LogP contribution in [0.5, 0.6) is 0 Å². The van der Waals surface area contributed by atoms with Gasteiger partial charge >= 0.3 is 0 Å². The van der Waals surface area contributed by atoms with Crippen LogP contribution in [0, 0.1) is 0 Å². The van der Waals surface area contributed by atoms with Crippen molar-refractivity contribution in [3.05, 3.63) is 28.2 Å². The molecule has 17 heavy (non-hydrogen) atoms. The standard InChI is InChI=1S/C10H12ClN5S/c11-3-8-6-17-10(13-8)5-15-1-2-16-7-12-14-9(16)4-15/h6-7H,1-5H2. The molecule has 0 fully saturated rings. The third-order valence-electron chi connectivity index (χ3n) is 2.81. The molecule has 2 aromatic rings. The monoisotopic (exact) mass is 269 g/mol. The fourth-order valence-corrected chi connectivity index (χ4v) is 2.99. The number of hydrogen-bond donors (Lipinski definition) is 0. The highest BCUT2D eigenvalue weighted by Crippen LogP contribution is 2.17. The summed E-state index contributed by atoms with van der Waals surface area (Å²) in [6, 6.07) is 0. The molecule has 3 rings (SSSR count). The molecule has 2 aromatic heterocycles. The predicted octanol–water partition coefficient (Wildman–Crippen LogP) is 1.49. The second-order valence-corrected chi connectivity index (χ2v) is 5.23. The lowest BCUT2D eigenvalue weighted by molar-refractivity contribution is 0.208. The summed E-state index contributed by atoms with van der Waals surface area (Å²) in [6.45, 7) is 3.68. The summed E-state index contributed by atoms with van der Waals surface area (Å²) in [7, 11) is 0. The fourth-order valence-electron chi connectivity index (χ4n) is 1.93. The molecule has 0 saturated heterocycles. The normalized spacial score (nSPS) is 16.1. The molecule has 1 aliphatic rings. The number of fused-ring (bicyclic) bond motifs is 1. The van der Waals surface area contributed by atoms with Gasteiger partial charge < -0.3 is 4.57 Å². The number of aromatic nitrogens is 4. The number of alkyl halides is 1. The zero-order chi connectivity index (χ0) is 11.7. The summed E-state index contributed by atoms with van der Waals surface area (Å²) in [5.41, 5.74) is 0.965. The average Bonchev–Trinajstić information content (AvgIpc) is 2.96. The van der Waals surface area contributed by atoms with Gasteiger partial charge in [0.2, 0.25) is 0 Å². The van der Waals surface area contributed by atoms with Crippen molar-refractivity contribution in [1.29, 1.82) is 0 Å². The van der Waals surface area contributed by atoms with E-state index in [1.165, 1.54) is 0 Å². The Bertz CT molecular complexity index is 508. The topological polar surface area (TPSA) is 46.8 Å². The molecule has 0 amide bonds. The minimum absolute atomic E-state index is 0.491. The lowest BCUT2D eigenvalue weighted by Gasteiger charge is -2.25. The highest BCUT2D eigenvalue weighted by atomic mass is 35.5. The summed E-state index contributed by atoms with van der Waals surface area (Å²) < 4.78 is 2.10. The highest BCUT2D eigenvalue weighted by molar-refractivity contribution is 7.09. The van der Waals surface area contributed by atoms with Gasteiger partial charge in [-0.2, -0.15) is 0 Å². The minimum atomic E-state index is 0.491. The van der Waals surface area contributed by atoms with Crippen molar-refractivity contribution in [3.63, 3.8) is 0 Å². The molecule has 0 aromatic carbocycles. The summed E-state index contributed by atoms with van der Waals surface area (Å²) in [6.07, 6.45) is 1.79. The van der Waals surface area contributed by atoms with Gasteiger partial charge in [0.15, 0.2) is 0 Å². The molecule has 0 aliphatic carbocycles. The van der Waals surface area contributed by atoms with E-state index in [1.807, 2.05) is 5.38 Å². The third kappa shape index (κ3) is 2.34. The fraction of sp³-hybridized carbons (Fsp3) is 0.500. The molecule has 3 heterocycles. The van der Waals surface area contributed by atoms with Crippen LogP contribution in [0.25, 0.3) is 0 Å². The van der Waals surface area contributed by atoms with Gasteiger partial charge in [-0.15, -0.1) is 33.1 Å². The number of nitrogens with zero attached hydrogens (tertiary/aromatic N) is 5. The average molecular weight is 270 g/mol. The van der Waals surface area contributed by atoms with Gasteiger partial charge in [0.25, 0.3) is 0 Å². The van der Waals surface area contributed by atoms with Crippen LogP contribution < -0.4 is 0 Å². The Kier molecular flexibility index (Phi) is 3.09. The molecular formula is C10H12ClN5S. The maximum absolute atomic E-state index is 5.74. The van der Waals surface area contributed by atoms with E-state index in [0.29, 0.717) is 5.88 Å². The van der Waals surface area contributed by atoms with Crippen molar-refractivity contribution in [2.24, 2.45) is 0 Å². The van der Waals surface area contributed by atoms with Crippen molar-refractivity contribution in [2.75, 3.05) is 6.54 Å². The minimum Gasteiger partial charge on any atom is -0.315 e. The van der Waals surface area contributed by atoms with E-state index in [0.717, 1.165) is 42.7 Å². The van der Waals surface area contributed by atoms with E-state index in [4.69, 9.17) is 11.6 Å². The van der Waals surface area contributed by atoms with Crippen molar-refractivity contribution in [3.8, 4) is 0 Å². The zero-order valence-electron chi connectivity index (χ0n) is 9.21. The SMILES string of the molecule is ClCc1csc(CN2CCn3cnnc3C2)n1. The van der Waals surface area contributed by atoms with Crippen molar-refractivity contribution in [2.45, 2.75) is 25.5 Å². The van der Waals surface area contributed by atoms with E-state index in [9.17, 15) is 0 Å². The van der Waals surface area contributed by atoms with E-state index in [1.54, 1.807) is 17.7 Å². The quantitative estimate of drug-likeness (QED) is 0.792. The molecule has 0 saturated carbocycles. The maximum atomic E-state index is 5.74. The van der Waals surface area contributed by atoms with Crippen LogP contribution in [0.4, 0.5) is 0 Å². The van der Waals surface area contributed by atoms with Crippen molar-refractivity contribution >= 4 is 22.9 Å². The first kappa shape index (κ1) is 11.1. The van der Waals surface area contributed by atoms with Crippen LogP contribution in [-0.2, 0) is 25.5 Å². The summed E-state index contributed by atoms with van der Waals surface area (Å²) in [5, 5.41) is 11.2. The summed E-state index contributed by atoms with van der Waals surface area (Å²) in [5.74, 6) is 1.52. The first-order valence-electron chi connectivity index (χ1n) is 5.43. The smallest absolute Gasteiger partial charge is 0.147 e. The van der Waals surface area contributed by atoms with E-state index < -0.39 is 0 Å². The molecule has 1 aliphatic heterocycles. The van der Waals surface area contributed by atoms with Crippen LogP contribution in [0.1, 0.15) is 16.5 Å². The lowest BCUT2D eigenvalue weighted by Crippen LogP contribution is -2.33. The van der Waals surface area contributed by atoms with Gasteiger partial charge in [-0.05, 0) is 0 Å². The molecule has 0 spiro atoms. The van der Waals surface area contributed by atoms with Gasteiger partial charge in [0.05, 0.1) is 24.7 Å². The molecule has 0 radical (unpaired) electrons. The first-order chi connectivity index (χ1) is 8.35. The van der Waals surface area contributed by atoms with Gasteiger partial charge in [0, 0.05) is 18.5 Å². The Labute approximate surface area is 108 Å². The van der Waals surface area contributed by atoms with Crippen LogP contribution in [0.15, 0.2) is 11.7 Å². The predicted molar refractivity (Wildman–Crippen MR) is 65.8 cm³/mol. The molecular weight excluding hydrogens is 258 g/mol. The number of hydrogen-bond acceptors (Lipinski definition) is 5. The van der Waals surface area contributed by atoms with E-state index in [2.05, 4.69) is 24.6 Å². The Morgan fingerprint density at radius 3 is 3.18 bits per heavy atom. The van der Waals surface area contributed by atoms with E-state index >= 15 is 0 Å². The molecule has 0 unspecified atom stereocenters. The van der Waals surface area contributed by atoms with E-state index in [-0.39, 0.29) is 0 Å². The van der Waals surface area contributed by atoms with Crippen LogP contribution in [0.3, 0.4) is 0 Å². The van der Waals surface area contributed by atoms with Gasteiger partial charge in [0.1, 0.15) is 17.2 Å². The molecule has 0 bridgehead atoms. The maximum Gasteiger partial charge on any atom is 0.147 e. The molecule has 5 nitrogen and oxygen atoms in total. The summed E-state index contributed by atoms with van der Waals surface area (Å²) >= 11 is 7.42. The van der Waals surface area contributed by atoms with Crippen molar-refractivity contribution in [1.82, 2.24) is 24.6 Å². The molecule has 90 valence electrons. The second kappa shape index (κ2) is 4.72. The van der Waals surface area contributed by atoms with Crippen LogP contribution in [0.2, 0.25) is 0 Å². The van der Waals surface area contributed by atoms with Crippen molar-refractivity contribution < 1.29 is 0 Å². The first-order valence-corrected chi connectivity index (χ1v) is 6.85. The van der Waals surface area contributed by atoms with Gasteiger partial charge in [-0.1, -0.05) is 0 Å².